The summed E-state index contributed by atoms with van der Waals surface area (Å²) >= 11 is 48.7. The fourth-order valence-corrected chi connectivity index (χ4v) is 10.3. The number of carbonyl (C=O) groups is 3. The molecule has 3 heterocycles. The summed E-state index contributed by atoms with van der Waals surface area (Å²) in [5, 5.41) is 44.3. The van der Waals surface area contributed by atoms with Gasteiger partial charge in [0, 0.05) is 30.9 Å². The van der Waals surface area contributed by atoms with Crippen LogP contribution in [0.25, 0.3) is 34.4 Å². The van der Waals surface area contributed by atoms with Gasteiger partial charge in [0.25, 0.3) is 15.3 Å². The number of esters is 1. The molecule has 344 valence electrons. The molecule has 0 radical (unpaired) electrons. The van der Waals surface area contributed by atoms with Gasteiger partial charge >= 0.3 is 17.9 Å². The molecule has 3 aliphatic carbocycles. The van der Waals surface area contributed by atoms with Crippen molar-refractivity contribution in [2.24, 2.45) is 17.8 Å². The zero-order chi connectivity index (χ0) is 46.9. The zero-order valence-electron chi connectivity index (χ0n) is 33.3. The van der Waals surface area contributed by atoms with Crippen LogP contribution in [0.15, 0.2) is 78.3 Å². The van der Waals surface area contributed by atoms with Crippen LogP contribution in [-0.4, -0.2) is 81.7 Å². The summed E-state index contributed by atoms with van der Waals surface area (Å²) in [6.45, 7) is 0. The molecule has 6 aromatic rings. The van der Waals surface area contributed by atoms with Crippen molar-refractivity contribution in [3.8, 4) is 34.4 Å². The van der Waals surface area contributed by atoms with Crippen molar-refractivity contribution in [1.29, 1.82) is 0 Å². The lowest BCUT2D eigenvalue weighted by Gasteiger charge is -2.30. The highest BCUT2D eigenvalue weighted by Gasteiger charge is 2.37. The molecule has 0 spiro atoms. The number of carbonyl (C=O) groups excluding carboxylic acids is 1. The normalized spacial score (nSPS) is 20.4. The smallest absolute Gasteiger partial charge is 0.308 e. The SMILES string of the molecule is COC(=O)C1CC(Cl)C1.O=C(O)C1CC(Sc2nnc(-c3ccc(Cl)cc3Cl)o2)C1.O=C(O)C1CC(Sc2nnc(-c3ccc(Cl)cc3Cl)o2)C1.S=c1[nH]nc(-c2ccc(Cl)cc2Cl)o1. The summed E-state index contributed by atoms with van der Waals surface area (Å²) < 4.78 is 20.7. The summed E-state index contributed by atoms with van der Waals surface area (Å²) in [7, 11) is 1.41. The summed E-state index contributed by atoms with van der Waals surface area (Å²) in [5.74, 6) is -1.02. The van der Waals surface area contributed by atoms with Crippen LogP contribution in [0.5, 0.6) is 0 Å². The van der Waals surface area contributed by atoms with Gasteiger partial charge in [0.15, 0.2) is 0 Å². The molecule has 0 unspecified atom stereocenters. The maximum atomic E-state index is 10.7. The van der Waals surface area contributed by atoms with Gasteiger partial charge in [-0.2, -0.15) is 0 Å². The molecular weight excluding hydrogens is 1050 g/mol. The summed E-state index contributed by atoms with van der Waals surface area (Å²) in [6, 6.07) is 15.1. The van der Waals surface area contributed by atoms with Crippen LogP contribution in [0.1, 0.15) is 38.5 Å². The number of thioether (sulfide) groups is 2. The number of aliphatic carboxylic acids is 2. The van der Waals surface area contributed by atoms with E-state index in [9.17, 15) is 14.4 Å². The number of aromatic nitrogens is 6. The van der Waals surface area contributed by atoms with Crippen molar-refractivity contribution in [3.05, 3.63) is 89.6 Å². The number of carboxylic acid groups (broad SMARTS) is 2. The second-order valence-electron chi connectivity index (χ2n) is 14.3. The van der Waals surface area contributed by atoms with E-state index in [1.54, 1.807) is 54.6 Å². The van der Waals surface area contributed by atoms with Crippen molar-refractivity contribution in [3.63, 3.8) is 0 Å². The van der Waals surface area contributed by atoms with Crippen LogP contribution >= 0.6 is 117 Å². The number of ether oxygens (including phenoxy) is 1. The Labute approximate surface area is 418 Å². The second kappa shape index (κ2) is 23.4. The quantitative estimate of drug-likeness (QED) is 0.0659. The van der Waals surface area contributed by atoms with Gasteiger partial charge in [-0.15, -0.1) is 37.1 Å². The number of carboxylic acids is 2. The number of benzene rings is 3. The molecule has 0 bridgehead atoms. The molecule has 9 rings (SSSR count). The highest BCUT2D eigenvalue weighted by Crippen LogP contribution is 2.43. The molecule has 25 heteroatoms. The number of nitrogens with zero attached hydrogens (tertiary/aromatic N) is 5. The molecule has 0 saturated heterocycles. The lowest BCUT2D eigenvalue weighted by Crippen LogP contribution is -2.32. The van der Waals surface area contributed by atoms with E-state index in [2.05, 4.69) is 35.3 Å². The molecule has 65 heavy (non-hydrogen) atoms. The number of alkyl halides is 1. The lowest BCUT2D eigenvalue weighted by atomic mass is 9.85. The van der Waals surface area contributed by atoms with Gasteiger partial charge in [0.05, 0.1) is 56.6 Å². The molecule has 3 fully saturated rings. The summed E-state index contributed by atoms with van der Waals surface area (Å²) in [6.07, 6.45) is 4.07. The van der Waals surface area contributed by atoms with Crippen LogP contribution in [0.2, 0.25) is 30.1 Å². The Hall–Kier alpha value is -3.56. The minimum absolute atomic E-state index is 0.0810. The number of halogens is 7. The minimum Gasteiger partial charge on any atom is -0.481 e. The minimum atomic E-state index is -0.744. The number of methoxy groups -OCH3 is 1. The predicted molar refractivity (Wildman–Crippen MR) is 251 cm³/mol. The molecule has 0 amide bonds. The Bertz CT molecular complexity index is 2570. The van der Waals surface area contributed by atoms with Gasteiger partial charge in [-0.3, -0.25) is 14.4 Å². The first kappa shape index (κ1) is 50.8. The van der Waals surface area contributed by atoms with Crippen molar-refractivity contribution in [1.82, 2.24) is 30.6 Å². The van der Waals surface area contributed by atoms with E-state index in [0.29, 0.717) is 101 Å². The van der Waals surface area contributed by atoms with Gasteiger partial charge in [-0.25, -0.2) is 5.10 Å². The van der Waals surface area contributed by atoms with Crippen LogP contribution in [-0.2, 0) is 19.1 Å². The van der Waals surface area contributed by atoms with E-state index in [4.69, 9.17) is 117 Å². The third kappa shape index (κ3) is 14.2. The van der Waals surface area contributed by atoms with E-state index < -0.39 is 11.9 Å². The molecule has 3 N–H and O–H groups in total. The number of H-pyrrole nitrogens is 1. The highest BCUT2D eigenvalue weighted by molar-refractivity contribution is 8.00. The Morgan fingerprint density at radius 2 is 1.03 bits per heavy atom. The largest absolute Gasteiger partial charge is 0.481 e. The van der Waals surface area contributed by atoms with Crippen molar-refractivity contribution in [2.45, 2.75) is 64.8 Å². The molecule has 15 nitrogen and oxygen atoms in total. The number of aromatic amines is 1. The fraction of sp³-hybridized carbons (Fsp3) is 0.325. The lowest BCUT2D eigenvalue weighted by molar-refractivity contribution is -0.148. The molecule has 3 aromatic carbocycles. The van der Waals surface area contributed by atoms with Gasteiger partial charge < -0.3 is 28.2 Å². The van der Waals surface area contributed by atoms with E-state index >= 15 is 0 Å². The first-order valence-electron chi connectivity index (χ1n) is 19.1. The zero-order valence-corrected chi connectivity index (χ0v) is 41.0. The molecular formula is C40H33Cl7N6O9S3. The fourth-order valence-electron chi connectivity index (χ4n) is 5.99. The number of hydrogen-bond donors (Lipinski definition) is 3. The van der Waals surface area contributed by atoms with Crippen LogP contribution in [0.3, 0.4) is 0 Å². The Morgan fingerprint density at radius 1 is 0.631 bits per heavy atom. The van der Waals surface area contributed by atoms with Gasteiger partial charge in [-0.05, 0) is 105 Å². The average Bonchev–Trinajstić information content (AvgIpc) is 3.98. The van der Waals surface area contributed by atoms with E-state index in [-0.39, 0.29) is 44.4 Å². The Morgan fingerprint density at radius 3 is 1.35 bits per heavy atom. The van der Waals surface area contributed by atoms with Crippen LogP contribution < -0.4 is 0 Å². The summed E-state index contributed by atoms with van der Waals surface area (Å²) in [5.41, 5.74) is 1.90. The van der Waals surface area contributed by atoms with Gasteiger partial charge in [0.1, 0.15) is 0 Å². The molecule has 0 aliphatic heterocycles. The molecule has 3 aromatic heterocycles. The third-order valence-electron chi connectivity index (χ3n) is 9.77. The van der Waals surface area contributed by atoms with Gasteiger partial charge in [-0.1, -0.05) is 93.1 Å². The number of rotatable bonds is 10. The van der Waals surface area contributed by atoms with E-state index in [1.165, 1.54) is 30.6 Å². The first-order chi connectivity index (χ1) is 31.0. The number of nitrogens with one attached hydrogen (secondary N) is 1. The topological polar surface area (TPSA) is 221 Å². The predicted octanol–water partition coefficient (Wildman–Crippen LogP) is 12.9. The molecule has 3 aliphatic rings. The highest BCUT2D eigenvalue weighted by atomic mass is 35.5. The number of hydrogen-bond acceptors (Lipinski definition) is 15. The average molecular weight is 1090 g/mol. The van der Waals surface area contributed by atoms with E-state index in [0.717, 1.165) is 12.8 Å². The third-order valence-corrected chi connectivity index (χ3v) is 14.1. The molecule has 0 atom stereocenters. The standard InChI is InChI=1S/2C13H10Cl2N2O3S.C8H4Cl2N2OS.C6H9ClO2/c2*14-7-1-2-9(10(15)5-7)11-16-17-13(20-11)21-8-3-6(4-8)12(18)19;9-4-1-2-5(6(10)3-4)7-11-12-8(14)13-7;1-9-6(8)4-2-5(7)3-4/h2*1-2,5-6,8H,3-4H2,(H,18,19);1-3H,(H,12,14);4-5H,2-3H2,1H3. The van der Waals surface area contributed by atoms with Crippen molar-refractivity contribution in [2.75, 3.05) is 7.11 Å². The maximum Gasteiger partial charge on any atom is 0.308 e. The Balaban J connectivity index is 0.000000150. The summed E-state index contributed by atoms with van der Waals surface area (Å²) in [4.78, 5) is 32.4. The van der Waals surface area contributed by atoms with E-state index in [1.807, 2.05) is 0 Å². The van der Waals surface area contributed by atoms with Gasteiger partial charge in [0.2, 0.25) is 17.7 Å². The second-order valence-corrected chi connectivity index (χ2v) is 20.3. The maximum absolute atomic E-state index is 10.7. The van der Waals surface area contributed by atoms with Crippen molar-refractivity contribution >= 4 is 135 Å². The monoisotopic (exact) mass is 1080 g/mol. The van der Waals surface area contributed by atoms with Crippen LogP contribution in [0.4, 0.5) is 0 Å². The van der Waals surface area contributed by atoms with Crippen LogP contribution in [0, 0.1) is 22.6 Å². The van der Waals surface area contributed by atoms with Crippen molar-refractivity contribution < 1.29 is 42.6 Å². The molecule has 3 saturated carbocycles. The first-order valence-corrected chi connectivity index (χ1v) is 23.9. The Kier molecular flexibility index (Phi) is 18.3.